The Morgan fingerprint density at radius 2 is 2.00 bits per heavy atom. The second kappa shape index (κ2) is 10.6. The molecule has 0 fully saturated rings. The molecule has 4 rings (SSSR count). The third-order valence-corrected chi connectivity index (χ3v) is 6.16. The van der Waals surface area contributed by atoms with E-state index in [0.717, 1.165) is 0 Å². The standard InChI is InChI=1S/C21H16ClFN6O2S2/c22-13-4-3-5-14(10-13)29-17(11-25-19(31)15-6-1-2-7-16(15)23)27-28-21(29)33-12-18(30)26-20-24-8-9-32-20/h1-10H,11-12H2,(H,25,31)(H,24,26,30). The lowest BCUT2D eigenvalue weighted by Gasteiger charge is -2.11. The molecule has 33 heavy (non-hydrogen) atoms. The van der Waals surface area contributed by atoms with Gasteiger partial charge in [-0.3, -0.25) is 14.2 Å². The number of aromatic nitrogens is 4. The monoisotopic (exact) mass is 502 g/mol. The molecule has 0 saturated carbocycles. The van der Waals surface area contributed by atoms with Gasteiger partial charge in [-0.05, 0) is 30.3 Å². The average molecular weight is 503 g/mol. The van der Waals surface area contributed by atoms with Gasteiger partial charge in [0.2, 0.25) is 5.91 Å². The molecule has 8 nitrogen and oxygen atoms in total. The fourth-order valence-electron chi connectivity index (χ4n) is 2.85. The summed E-state index contributed by atoms with van der Waals surface area (Å²) in [6.07, 6.45) is 1.60. The van der Waals surface area contributed by atoms with Crippen molar-refractivity contribution in [2.24, 2.45) is 0 Å². The number of carbonyl (C=O) groups excluding carboxylic acids is 2. The predicted octanol–water partition coefficient (Wildman–Crippen LogP) is 4.18. The lowest BCUT2D eigenvalue weighted by atomic mass is 10.2. The Labute approximate surface area is 201 Å². The van der Waals surface area contributed by atoms with Gasteiger partial charge in [-0.2, -0.15) is 0 Å². The molecular formula is C21H16ClFN6O2S2. The van der Waals surface area contributed by atoms with Crippen molar-refractivity contribution in [3.05, 3.63) is 82.3 Å². The first-order valence-electron chi connectivity index (χ1n) is 9.56. The lowest BCUT2D eigenvalue weighted by molar-refractivity contribution is -0.113. The van der Waals surface area contributed by atoms with Gasteiger partial charge in [0, 0.05) is 16.6 Å². The summed E-state index contributed by atoms with van der Waals surface area (Å²) in [5.41, 5.74) is 0.588. The van der Waals surface area contributed by atoms with Crippen LogP contribution in [0.4, 0.5) is 9.52 Å². The first-order chi connectivity index (χ1) is 16.0. The number of rotatable bonds is 8. The molecule has 0 aliphatic carbocycles. The summed E-state index contributed by atoms with van der Waals surface area (Å²) >= 11 is 8.65. The number of carbonyl (C=O) groups is 2. The maximum Gasteiger partial charge on any atom is 0.254 e. The van der Waals surface area contributed by atoms with Crippen LogP contribution in [0.25, 0.3) is 5.69 Å². The summed E-state index contributed by atoms with van der Waals surface area (Å²) in [6, 6.07) is 12.7. The highest BCUT2D eigenvalue weighted by Crippen LogP contribution is 2.24. The molecule has 0 spiro atoms. The van der Waals surface area contributed by atoms with Crippen LogP contribution in [0.2, 0.25) is 5.02 Å². The molecule has 2 aromatic heterocycles. The SMILES string of the molecule is O=C(CSc1nnc(CNC(=O)c2ccccc2F)n1-c1cccc(Cl)c1)Nc1nccs1. The highest BCUT2D eigenvalue weighted by molar-refractivity contribution is 7.99. The van der Waals surface area contributed by atoms with Crippen LogP contribution in [0, 0.1) is 5.82 Å². The zero-order chi connectivity index (χ0) is 23.2. The van der Waals surface area contributed by atoms with Gasteiger partial charge in [0.05, 0.1) is 23.5 Å². The number of thioether (sulfide) groups is 1. The number of thiazole rings is 1. The van der Waals surface area contributed by atoms with Gasteiger partial charge in [0.15, 0.2) is 16.1 Å². The average Bonchev–Trinajstić information content (AvgIpc) is 3.46. The van der Waals surface area contributed by atoms with E-state index in [1.807, 2.05) is 0 Å². The van der Waals surface area contributed by atoms with Gasteiger partial charge >= 0.3 is 0 Å². The molecule has 2 heterocycles. The molecule has 0 aliphatic heterocycles. The van der Waals surface area contributed by atoms with Crippen LogP contribution in [-0.2, 0) is 11.3 Å². The van der Waals surface area contributed by atoms with E-state index >= 15 is 0 Å². The molecule has 4 aromatic rings. The van der Waals surface area contributed by atoms with E-state index in [-0.39, 0.29) is 23.8 Å². The zero-order valence-electron chi connectivity index (χ0n) is 16.9. The van der Waals surface area contributed by atoms with Crippen LogP contribution < -0.4 is 10.6 Å². The second-order valence-electron chi connectivity index (χ2n) is 6.55. The number of nitrogens with one attached hydrogen (secondary N) is 2. The number of hydrogen-bond acceptors (Lipinski definition) is 7. The predicted molar refractivity (Wildman–Crippen MR) is 125 cm³/mol. The molecule has 0 saturated heterocycles. The number of anilines is 1. The largest absolute Gasteiger partial charge is 0.345 e. The maximum absolute atomic E-state index is 13.9. The van der Waals surface area contributed by atoms with Gasteiger partial charge in [-0.15, -0.1) is 21.5 Å². The van der Waals surface area contributed by atoms with Crippen molar-refractivity contribution in [2.45, 2.75) is 11.7 Å². The summed E-state index contributed by atoms with van der Waals surface area (Å²) < 4.78 is 15.6. The Morgan fingerprint density at radius 3 is 2.76 bits per heavy atom. The Kier molecular flexibility index (Phi) is 7.33. The van der Waals surface area contributed by atoms with Crippen LogP contribution in [0.1, 0.15) is 16.2 Å². The van der Waals surface area contributed by atoms with E-state index in [9.17, 15) is 14.0 Å². The normalized spacial score (nSPS) is 10.7. The van der Waals surface area contributed by atoms with Gasteiger partial charge in [-0.25, -0.2) is 9.37 Å². The Hall–Kier alpha value is -3.28. The molecule has 0 aliphatic rings. The van der Waals surface area contributed by atoms with Crippen LogP contribution in [-0.4, -0.2) is 37.3 Å². The summed E-state index contributed by atoms with van der Waals surface area (Å²) in [5.74, 6) is -0.978. The second-order valence-corrected chi connectivity index (χ2v) is 8.82. The first kappa shape index (κ1) is 22.9. The molecule has 2 amide bonds. The van der Waals surface area contributed by atoms with Crippen molar-refractivity contribution in [1.29, 1.82) is 0 Å². The minimum absolute atomic E-state index is 0.0153. The number of halogens is 2. The topological polar surface area (TPSA) is 102 Å². The summed E-state index contributed by atoms with van der Waals surface area (Å²) in [6.45, 7) is -0.0153. The van der Waals surface area contributed by atoms with Gasteiger partial charge in [0.1, 0.15) is 5.82 Å². The molecule has 2 aromatic carbocycles. The van der Waals surface area contributed by atoms with E-state index in [1.54, 1.807) is 46.5 Å². The minimum Gasteiger partial charge on any atom is -0.345 e. The van der Waals surface area contributed by atoms with E-state index in [2.05, 4.69) is 25.8 Å². The summed E-state index contributed by atoms with van der Waals surface area (Å²) in [4.78, 5) is 28.7. The Balaban J connectivity index is 1.53. The smallest absolute Gasteiger partial charge is 0.254 e. The third kappa shape index (κ3) is 5.75. The van der Waals surface area contributed by atoms with E-state index < -0.39 is 11.7 Å². The molecular weight excluding hydrogens is 487 g/mol. The number of benzene rings is 2. The lowest BCUT2D eigenvalue weighted by Crippen LogP contribution is -2.25. The Bertz CT molecular complexity index is 1280. The quantitative estimate of drug-likeness (QED) is 0.350. The molecule has 2 N–H and O–H groups in total. The van der Waals surface area contributed by atoms with Crippen molar-refractivity contribution in [3.8, 4) is 5.69 Å². The molecule has 0 bridgehead atoms. The fraction of sp³-hybridized carbons (Fsp3) is 0.0952. The van der Waals surface area contributed by atoms with Crippen molar-refractivity contribution in [2.75, 3.05) is 11.1 Å². The van der Waals surface area contributed by atoms with Crippen molar-refractivity contribution < 1.29 is 14.0 Å². The number of nitrogens with zero attached hydrogens (tertiary/aromatic N) is 4. The Morgan fingerprint density at radius 1 is 1.15 bits per heavy atom. The van der Waals surface area contributed by atoms with Crippen molar-refractivity contribution in [1.82, 2.24) is 25.1 Å². The number of hydrogen-bond donors (Lipinski definition) is 2. The molecule has 12 heteroatoms. The molecule has 0 unspecified atom stereocenters. The third-order valence-electron chi connectivity index (χ3n) is 4.30. The highest BCUT2D eigenvalue weighted by atomic mass is 35.5. The molecule has 168 valence electrons. The van der Waals surface area contributed by atoms with Crippen molar-refractivity contribution in [3.63, 3.8) is 0 Å². The van der Waals surface area contributed by atoms with Gasteiger partial charge in [0.25, 0.3) is 5.91 Å². The fourth-order valence-corrected chi connectivity index (χ4v) is 4.35. The first-order valence-corrected chi connectivity index (χ1v) is 11.8. The van der Waals surface area contributed by atoms with Crippen LogP contribution in [0.3, 0.4) is 0 Å². The maximum atomic E-state index is 13.9. The van der Waals surface area contributed by atoms with Gasteiger partial charge in [-0.1, -0.05) is 41.6 Å². The van der Waals surface area contributed by atoms with Gasteiger partial charge < -0.3 is 10.6 Å². The van der Waals surface area contributed by atoms with Crippen LogP contribution >= 0.6 is 34.7 Å². The zero-order valence-corrected chi connectivity index (χ0v) is 19.3. The van der Waals surface area contributed by atoms with Crippen LogP contribution in [0.5, 0.6) is 0 Å². The van der Waals surface area contributed by atoms with E-state index in [4.69, 9.17) is 11.6 Å². The summed E-state index contributed by atoms with van der Waals surface area (Å²) in [7, 11) is 0. The van der Waals surface area contributed by atoms with E-state index in [1.165, 1.54) is 41.3 Å². The van der Waals surface area contributed by atoms with E-state index in [0.29, 0.717) is 26.8 Å². The minimum atomic E-state index is -0.617. The number of amides is 2. The van der Waals surface area contributed by atoms with Crippen LogP contribution in [0.15, 0.2) is 65.3 Å². The molecule has 0 radical (unpaired) electrons. The summed E-state index contributed by atoms with van der Waals surface area (Å²) in [5, 5.41) is 16.9. The highest BCUT2D eigenvalue weighted by Gasteiger charge is 2.18. The van der Waals surface area contributed by atoms with Crippen molar-refractivity contribution >= 4 is 51.6 Å². The molecule has 0 atom stereocenters.